The molecule has 1 atom stereocenters. The van der Waals surface area contributed by atoms with Crippen molar-refractivity contribution in [1.82, 2.24) is 10.2 Å². The fourth-order valence-electron chi connectivity index (χ4n) is 2.80. The number of aliphatic hydroxyl groups is 1. The minimum atomic E-state index is -0.520. The van der Waals surface area contributed by atoms with Crippen LogP contribution in [0.3, 0.4) is 0 Å². The van der Waals surface area contributed by atoms with Crippen molar-refractivity contribution in [2.45, 2.75) is 31.7 Å². The van der Waals surface area contributed by atoms with Crippen LogP contribution in [-0.4, -0.2) is 48.3 Å². The second-order valence-electron chi connectivity index (χ2n) is 5.73. The Hall–Kier alpha value is -1.37. The van der Waals surface area contributed by atoms with Crippen LogP contribution in [0.5, 0.6) is 0 Å². The molecule has 0 spiro atoms. The highest BCUT2D eigenvalue weighted by Gasteiger charge is 2.22. The molecule has 1 aliphatic rings. The number of likely N-dealkylation sites (tertiary alicyclic amines) is 1. The molecule has 2 rings (SSSR count). The van der Waals surface area contributed by atoms with E-state index in [4.69, 9.17) is 11.6 Å². The molecule has 0 bridgehead atoms. The van der Waals surface area contributed by atoms with E-state index >= 15 is 0 Å². The lowest BCUT2D eigenvalue weighted by atomic mass is 10.2. The number of halogens is 2. The summed E-state index contributed by atoms with van der Waals surface area (Å²) in [5, 5.41) is 14.8. The molecular formula is C16H23ClFN3O2. The molecular weight excluding hydrogens is 321 g/mol. The third kappa shape index (κ3) is 5.64. The van der Waals surface area contributed by atoms with Crippen molar-refractivity contribution in [2.24, 2.45) is 0 Å². The van der Waals surface area contributed by atoms with Gasteiger partial charge in [-0.2, -0.15) is 0 Å². The van der Waals surface area contributed by atoms with Crippen molar-refractivity contribution in [3.05, 3.63) is 29.0 Å². The van der Waals surface area contributed by atoms with Gasteiger partial charge in [0, 0.05) is 17.6 Å². The number of aliphatic hydroxyl groups excluding tert-OH is 1. The average molecular weight is 344 g/mol. The van der Waals surface area contributed by atoms with Crippen LogP contribution >= 0.6 is 11.6 Å². The molecule has 23 heavy (non-hydrogen) atoms. The molecule has 1 aromatic carbocycles. The number of rotatable bonds is 7. The van der Waals surface area contributed by atoms with E-state index in [9.17, 15) is 14.3 Å². The van der Waals surface area contributed by atoms with E-state index < -0.39 is 11.8 Å². The molecule has 1 fully saturated rings. The number of unbranched alkanes of at least 4 members (excludes halogenated alkanes) is 1. The molecule has 128 valence electrons. The fourth-order valence-corrected chi connectivity index (χ4v) is 2.97. The Kier molecular flexibility index (Phi) is 7.08. The third-order valence-corrected chi connectivity index (χ3v) is 4.28. The van der Waals surface area contributed by atoms with Crippen molar-refractivity contribution >= 4 is 23.3 Å². The minimum Gasteiger partial charge on any atom is -0.395 e. The second kappa shape index (κ2) is 9.05. The maximum Gasteiger partial charge on any atom is 0.319 e. The zero-order valence-electron chi connectivity index (χ0n) is 13.0. The first kappa shape index (κ1) is 18.0. The number of nitrogens with zero attached hydrogens (tertiary/aromatic N) is 1. The van der Waals surface area contributed by atoms with Crippen LogP contribution in [-0.2, 0) is 0 Å². The maximum atomic E-state index is 13.5. The van der Waals surface area contributed by atoms with Gasteiger partial charge in [0.2, 0.25) is 0 Å². The van der Waals surface area contributed by atoms with Crippen molar-refractivity contribution in [3.63, 3.8) is 0 Å². The molecule has 0 aromatic heterocycles. The van der Waals surface area contributed by atoms with E-state index in [0.717, 1.165) is 38.8 Å². The molecule has 0 aliphatic carbocycles. The monoisotopic (exact) mass is 343 g/mol. The molecule has 1 saturated heterocycles. The quantitative estimate of drug-likeness (QED) is 0.667. The number of amides is 2. The van der Waals surface area contributed by atoms with Gasteiger partial charge in [0.05, 0.1) is 12.3 Å². The topological polar surface area (TPSA) is 64.6 Å². The predicted octanol–water partition coefficient (Wildman–Crippen LogP) is 2.84. The van der Waals surface area contributed by atoms with Crippen LogP contribution in [0, 0.1) is 5.82 Å². The van der Waals surface area contributed by atoms with Crippen LogP contribution < -0.4 is 10.6 Å². The summed E-state index contributed by atoms with van der Waals surface area (Å²) in [6.07, 6.45) is 3.97. The van der Waals surface area contributed by atoms with Gasteiger partial charge < -0.3 is 15.7 Å². The molecule has 0 radical (unpaired) electrons. The van der Waals surface area contributed by atoms with Gasteiger partial charge in [0.25, 0.3) is 0 Å². The van der Waals surface area contributed by atoms with Crippen LogP contribution in [0.1, 0.15) is 25.7 Å². The summed E-state index contributed by atoms with van der Waals surface area (Å²) in [7, 11) is 0. The van der Waals surface area contributed by atoms with E-state index in [-0.39, 0.29) is 18.3 Å². The van der Waals surface area contributed by atoms with Gasteiger partial charge >= 0.3 is 6.03 Å². The summed E-state index contributed by atoms with van der Waals surface area (Å²) in [6.45, 7) is 2.70. The van der Waals surface area contributed by atoms with Gasteiger partial charge in [-0.3, -0.25) is 4.90 Å². The molecule has 1 aliphatic heterocycles. The Morgan fingerprint density at radius 1 is 1.43 bits per heavy atom. The highest BCUT2D eigenvalue weighted by atomic mass is 35.5. The van der Waals surface area contributed by atoms with Crippen molar-refractivity contribution in [2.75, 3.05) is 31.6 Å². The predicted molar refractivity (Wildman–Crippen MR) is 89.3 cm³/mol. The summed E-state index contributed by atoms with van der Waals surface area (Å²) in [5.74, 6) is -0.520. The Morgan fingerprint density at radius 3 is 3.04 bits per heavy atom. The molecule has 1 unspecified atom stereocenters. The van der Waals surface area contributed by atoms with Gasteiger partial charge in [0.15, 0.2) is 0 Å². The first-order valence-corrected chi connectivity index (χ1v) is 8.33. The number of nitrogens with one attached hydrogen (secondary N) is 2. The molecule has 5 nitrogen and oxygen atoms in total. The highest BCUT2D eigenvalue weighted by Crippen LogP contribution is 2.19. The number of benzene rings is 1. The largest absolute Gasteiger partial charge is 0.395 e. The van der Waals surface area contributed by atoms with Crippen LogP contribution in [0.4, 0.5) is 14.9 Å². The lowest BCUT2D eigenvalue weighted by Gasteiger charge is -2.22. The molecule has 0 saturated carbocycles. The SMILES string of the molecule is O=C(NCCCCN1CCCC1CO)Nc1cc(Cl)ccc1F. The van der Waals surface area contributed by atoms with Gasteiger partial charge in [-0.25, -0.2) is 9.18 Å². The Balaban J connectivity index is 1.62. The van der Waals surface area contributed by atoms with E-state index in [2.05, 4.69) is 15.5 Å². The smallest absolute Gasteiger partial charge is 0.319 e. The van der Waals surface area contributed by atoms with Crippen LogP contribution in [0.15, 0.2) is 18.2 Å². The van der Waals surface area contributed by atoms with Crippen LogP contribution in [0.2, 0.25) is 5.02 Å². The summed E-state index contributed by atoms with van der Waals surface area (Å²) < 4.78 is 13.5. The maximum absolute atomic E-state index is 13.5. The van der Waals surface area contributed by atoms with Gasteiger partial charge in [-0.05, 0) is 57.0 Å². The van der Waals surface area contributed by atoms with Crippen molar-refractivity contribution in [3.8, 4) is 0 Å². The van der Waals surface area contributed by atoms with E-state index in [0.29, 0.717) is 11.6 Å². The molecule has 3 N–H and O–H groups in total. The number of carbonyl (C=O) groups excluding carboxylic acids is 1. The average Bonchev–Trinajstić information content (AvgIpc) is 2.98. The van der Waals surface area contributed by atoms with Crippen molar-refractivity contribution in [1.29, 1.82) is 0 Å². The van der Waals surface area contributed by atoms with Gasteiger partial charge in [-0.15, -0.1) is 0 Å². The standard InChI is InChI=1S/C16H23ClFN3O2/c17-12-5-6-14(18)15(10-12)20-16(23)19-7-1-2-8-21-9-3-4-13(21)11-22/h5-6,10,13,22H,1-4,7-9,11H2,(H2,19,20,23). The lowest BCUT2D eigenvalue weighted by Crippen LogP contribution is -2.34. The number of hydrogen-bond donors (Lipinski definition) is 3. The lowest BCUT2D eigenvalue weighted by molar-refractivity contribution is 0.157. The second-order valence-corrected chi connectivity index (χ2v) is 6.16. The minimum absolute atomic E-state index is 0.0675. The van der Waals surface area contributed by atoms with Gasteiger partial charge in [0.1, 0.15) is 5.82 Å². The molecule has 2 amide bonds. The Morgan fingerprint density at radius 2 is 2.26 bits per heavy atom. The zero-order chi connectivity index (χ0) is 16.7. The normalized spacial score (nSPS) is 18.1. The summed E-state index contributed by atoms with van der Waals surface area (Å²) in [4.78, 5) is 14.0. The fraction of sp³-hybridized carbons (Fsp3) is 0.562. The van der Waals surface area contributed by atoms with E-state index in [1.165, 1.54) is 18.2 Å². The van der Waals surface area contributed by atoms with E-state index in [1.807, 2.05) is 0 Å². The zero-order valence-corrected chi connectivity index (χ0v) is 13.8. The highest BCUT2D eigenvalue weighted by molar-refractivity contribution is 6.30. The Labute approximate surface area is 140 Å². The third-order valence-electron chi connectivity index (χ3n) is 4.04. The number of hydrogen-bond acceptors (Lipinski definition) is 3. The Bertz CT molecular complexity index is 530. The number of anilines is 1. The van der Waals surface area contributed by atoms with Gasteiger partial charge in [-0.1, -0.05) is 11.6 Å². The first-order chi connectivity index (χ1) is 11.1. The molecule has 1 heterocycles. The first-order valence-electron chi connectivity index (χ1n) is 7.95. The number of carbonyl (C=O) groups is 1. The summed E-state index contributed by atoms with van der Waals surface area (Å²) in [5.41, 5.74) is 0.0675. The van der Waals surface area contributed by atoms with Crippen LogP contribution in [0.25, 0.3) is 0 Å². The van der Waals surface area contributed by atoms with Crippen molar-refractivity contribution < 1.29 is 14.3 Å². The molecule has 7 heteroatoms. The number of urea groups is 1. The summed E-state index contributed by atoms with van der Waals surface area (Å²) in [6, 6.07) is 3.86. The van der Waals surface area contributed by atoms with E-state index in [1.54, 1.807) is 0 Å². The summed E-state index contributed by atoms with van der Waals surface area (Å²) >= 11 is 5.77. The molecule has 1 aromatic rings.